The molecule has 0 saturated carbocycles. The van der Waals surface area contributed by atoms with Crippen molar-refractivity contribution in [3.8, 4) is 0 Å². The van der Waals surface area contributed by atoms with Gasteiger partial charge in [0.2, 0.25) is 0 Å². The average Bonchev–Trinajstić information content (AvgIpc) is 2.45. The van der Waals surface area contributed by atoms with Gasteiger partial charge in [-0.05, 0) is 44.4 Å². The summed E-state index contributed by atoms with van der Waals surface area (Å²) >= 11 is 6.18. The average molecular weight is 305 g/mol. The van der Waals surface area contributed by atoms with E-state index in [9.17, 15) is 4.79 Å². The summed E-state index contributed by atoms with van der Waals surface area (Å²) in [5, 5.41) is 1.29. The molecule has 2 aromatic rings. The van der Waals surface area contributed by atoms with E-state index in [1.807, 2.05) is 25.1 Å². The van der Waals surface area contributed by atoms with E-state index in [1.165, 1.54) is 12.8 Å². The number of H-pyrrole nitrogens is 1. The van der Waals surface area contributed by atoms with Gasteiger partial charge in [0.15, 0.2) is 5.43 Å². The molecule has 3 rings (SSSR count). The highest BCUT2D eigenvalue weighted by atomic mass is 35.5. The molecular formula is C17H21ClN2O. The first-order valence-corrected chi connectivity index (χ1v) is 7.96. The number of benzene rings is 1. The quantitative estimate of drug-likeness (QED) is 0.918. The highest BCUT2D eigenvalue weighted by molar-refractivity contribution is 6.35. The Bertz CT molecular complexity index is 723. The van der Waals surface area contributed by atoms with Crippen molar-refractivity contribution in [2.45, 2.75) is 33.2 Å². The fourth-order valence-corrected chi connectivity index (χ4v) is 3.50. The van der Waals surface area contributed by atoms with Crippen molar-refractivity contribution in [1.29, 1.82) is 0 Å². The van der Waals surface area contributed by atoms with Crippen molar-refractivity contribution in [1.82, 2.24) is 9.88 Å². The maximum Gasteiger partial charge on any atom is 0.194 e. The number of aryl methyl sites for hydroxylation is 1. The van der Waals surface area contributed by atoms with Gasteiger partial charge in [0.05, 0.1) is 10.5 Å². The number of nitrogens with one attached hydrogen (secondary N) is 1. The number of piperidine rings is 1. The van der Waals surface area contributed by atoms with Gasteiger partial charge in [0.25, 0.3) is 0 Å². The van der Waals surface area contributed by atoms with Crippen molar-refractivity contribution in [2.24, 2.45) is 5.92 Å². The third-order valence-corrected chi connectivity index (χ3v) is 4.74. The molecule has 1 aliphatic rings. The molecule has 4 heteroatoms. The molecule has 0 unspecified atom stereocenters. The van der Waals surface area contributed by atoms with Gasteiger partial charge in [-0.25, -0.2) is 0 Å². The first-order valence-electron chi connectivity index (χ1n) is 7.58. The molecule has 0 bridgehead atoms. The maximum absolute atomic E-state index is 12.8. The molecule has 3 nitrogen and oxygen atoms in total. The van der Waals surface area contributed by atoms with Crippen molar-refractivity contribution in [3.05, 3.63) is 44.7 Å². The van der Waals surface area contributed by atoms with E-state index in [-0.39, 0.29) is 5.43 Å². The lowest BCUT2D eigenvalue weighted by Gasteiger charge is -2.31. The van der Waals surface area contributed by atoms with Crippen LogP contribution >= 0.6 is 11.6 Å². The maximum atomic E-state index is 12.8. The number of pyridine rings is 1. The molecular weight excluding hydrogens is 284 g/mol. The van der Waals surface area contributed by atoms with Crippen molar-refractivity contribution >= 4 is 22.5 Å². The fourth-order valence-electron chi connectivity index (χ4n) is 3.28. The van der Waals surface area contributed by atoms with Crippen molar-refractivity contribution in [3.63, 3.8) is 0 Å². The lowest BCUT2D eigenvalue weighted by molar-refractivity contribution is 0.176. The predicted octanol–water partition coefficient (Wildman–Crippen LogP) is 3.72. The third kappa shape index (κ3) is 2.85. The molecule has 1 aromatic heterocycles. The molecule has 0 radical (unpaired) electrons. The van der Waals surface area contributed by atoms with Crippen LogP contribution in [0.3, 0.4) is 0 Å². The van der Waals surface area contributed by atoms with E-state index in [0.717, 1.165) is 36.4 Å². The number of para-hydroxylation sites is 1. The number of rotatable bonds is 2. The van der Waals surface area contributed by atoms with E-state index >= 15 is 0 Å². The lowest BCUT2D eigenvalue weighted by atomic mass is 9.99. The van der Waals surface area contributed by atoms with E-state index < -0.39 is 0 Å². The van der Waals surface area contributed by atoms with Crippen LogP contribution in [0.15, 0.2) is 23.0 Å². The third-order valence-electron chi connectivity index (χ3n) is 4.42. The van der Waals surface area contributed by atoms with Crippen LogP contribution in [0, 0.1) is 12.8 Å². The van der Waals surface area contributed by atoms with Gasteiger partial charge in [-0.3, -0.25) is 9.69 Å². The van der Waals surface area contributed by atoms with Gasteiger partial charge >= 0.3 is 0 Å². The summed E-state index contributed by atoms with van der Waals surface area (Å²) in [6, 6.07) is 5.50. The molecule has 112 valence electrons. The smallest absolute Gasteiger partial charge is 0.194 e. The zero-order chi connectivity index (χ0) is 15.0. The van der Waals surface area contributed by atoms with Gasteiger partial charge in [-0.1, -0.05) is 24.6 Å². The SMILES string of the molecule is Cc1[nH]c2c(Cl)cccc2c(=O)c1CN1CCC[C@H](C)C1. The molecule has 0 spiro atoms. The number of hydrogen-bond acceptors (Lipinski definition) is 2. The van der Waals surface area contributed by atoms with Crippen LogP contribution in [-0.2, 0) is 6.54 Å². The van der Waals surface area contributed by atoms with Crippen molar-refractivity contribution in [2.75, 3.05) is 13.1 Å². The van der Waals surface area contributed by atoms with Crippen molar-refractivity contribution < 1.29 is 0 Å². The zero-order valence-corrected chi connectivity index (χ0v) is 13.3. The minimum Gasteiger partial charge on any atom is -0.357 e. The Morgan fingerprint density at radius 3 is 3.00 bits per heavy atom. The summed E-state index contributed by atoms with van der Waals surface area (Å²) in [5.41, 5.74) is 2.66. The molecule has 1 N–H and O–H groups in total. The van der Waals surface area contributed by atoms with Crippen LogP contribution in [0.1, 0.15) is 31.0 Å². The van der Waals surface area contributed by atoms with Crippen LogP contribution in [-0.4, -0.2) is 23.0 Å². The standard InChI is InChI=1S/C17H21ClN2O/c1-11-5-4-8-20(9-11)10-14-12(2)19-16-13(17(14)21)6-3-7-15(16)18/h3,6-7,11H,4-5,8-10H2,1-2H3,(H,19,21)/t11-/m0/s1. The highest BCUT2D eigenvalue weighted by Crippen LogP contribution is 2.22. The minimum atomic E-state index is 0.113. The normalized spacial score (nSPS) is 20.0. The van der Waals surface area contributed by atoms with E-state index in [2.05, 4.69) is 16.8 Å². The number of likely N-dealkylation sites (tertiary alicyclic amines) is 1. The van der Waals surface area contributed by atoms with E-state index in [4.69, 9.17) is 11.6 Å². The Kier molecular flexibility index (Phi) is 4.05. The molecule has 1 aliphatic heterocycles. The summed E-state index contributed by atoms with van der Waals surface area (Å²) in [6.07, 6.45) is 2.51. The van der Waals surface area contributed by atoms with Gasteiger partial charge in [0.1, 0.15) is 0 Å². The van der Waals surface area contributed by atoms with Gasteiger partial charge < -0.3 is 4.98 Å². The molecule has 2 heterocycles. The van der Waals surface area contributed by atoms with E-state index in [1.54, 1.807) is 0 Å². The second-order valence-corrected chi connectivity index (χ2v) is 6.61. The monoisotopic (exact) mass is 304 g/mol. The molecule has 1 saturated heterocycles. The predicted molar refractivity (Wildman–Crippen MR) is 88.0 cm³/mol. The molecule has 1 aromatic carbocycles. The number of aromatic amines is 1. The number of fused-ring (bicyclic) bond motifs is 1. The van der Waals surface area contributed by atoms with Crippen LogP contribution in [0.5, 0.6) is 0 Å². The molecule has 0 amide bonds. The van der Waals surface area contributed by atoms with Gasteiger partial charge in [-0.2, -0.15) is 0 Å². The topological polar surface area (TPSA) is 36.1 Å². The minimum absolute atomic E-state index is 0.113. The first-order chi connectivity index (χ1) is 10.1. The number of nitrogens with zero attached hydrogens (tertiary/aromatic N) is 1. The largest absolute Gasteiger partial charge is 0.357 e. The Morgan fingerprint density at radius 1 is 1.43 bits per heavy atom. The van der Waals surface area contributed by atoms with Gasteiger partial charge in [0, 0.05) is 29.7 Å². The Hall–Kier alpha value is -1.32. The first kappa shape index (κ1) is 14.6. The number of aromatic nitrogens is 1. The second-order valence-electron chi connectivity index (χ2n) is 6.20. The van der Waals surface area contributed by atoms with Gasteiger partial charge in [-0.15, -0.1) is 0 Å². The van der Waals surface area contributed by atoms with Crippen LogP contribution < -0.4 is 5.43 Å². The van der Waals surface area contributed by atoms with Crippen LogP contribution in [0.4, 0.5) is 0 Å². The summed E-state index contributed by atoms with van der Waals surface area (Å²) in [7, 11) is 0. The fraction of sp³-hybridized carbons (Fsp3) is 0.471. The molecule has 0 aliphatic carbocycles. The Balaban J connectivity index is 2.01. The lowest BCUT2D eigenvalue weighted by Crippen LogP contribution is -2.35. The van der Waals surface area contributed by atoms with Crippen LogP contribution in [0.2, 0.25) is 5.02 Å². The number of halogens is 1. The number of hydrogen-bond donors (Lipinski definition) is 1. The Morgan fingerprint density at radius 2 is 2.24 bits per heavy atom. The summed E-state index contributed by atoms with van der Waals surface area (Å²) < 4.78 is 0. The van der Waals surface area contributed by atoms with E-state index in [0.29, 0.717) is 16.3 Å². The molecule has 1 fully saturated rings. The second kappa shape index (κ2) is 5.82. The zero-order valence-electron chi connectivity index (χ0n) is 12.6. The summed E-state index contributed by atoms with van der Waals surface area (Å²) in [4.78, 5) is 18.5. The Labute approximate surface area is 129 Å². The summed E-state index contributed by atoms with van der Waals surface area (Å²) in [6.45, 7) is 7.13. The van der Waals surface area contributed by atoms with Crippen LogP contribution in [0.25, 0.3) is 10.9 Å². The summed E-state index contributed by atoms with van der Waals surface area (Å²) in [5.74, 6) is 0.716. The molecule has 21 heavy (non-hydrogen) atoms. The highest BCUT2D eigenvalue weighted by Gasteiger charge is 2.19. The molecule has 1 atom stereocenters.